The number of Topliss-reactive ketones (excluding diaryl/α,β-unsaturated/α-hetero) is 1. The van der Waals surface area contributed by atoms with Crippen molar-refractivity contribution in [3.63, 3.8) is 0 Å². The number of H-pyrrole nitrogens is 1. The highest BCUT2D eigenvalue weighted by atomic mass is 32.2. The number of hydrogen-bond acceptors (Lipinski definition) is 6. The van der Waals surface area contributed by atoms with Gasteiger partial charge in [0.15, 0.2) is 11.4 Å². The first kappa shape index (κ1) is 20.7. The van der Waals surface area contributed by atoms with Gasteiger partial charge >= 0.3 is 0 Å². The van der Waals surface area contributed by atoms with Crippen molar-refractivity contribution in [1.82, 2.24) is 15.2 Å². The molecule has 31 heavy (non-hydrogen) atoms. The summed E-state index contributed by atoms with van der Waals surface area (Å²) in [5.74, 6) is 0.498. The fraction of sp³-hybridized carbons (Fsp3) is 0.174. The number of benzene rings is 2. The van der Waals surface area contributed by atoms with Gasteiger partial charge in [-0.3, -0.25) is 9.89 Å². The van der Waals surface area contributed by atoms with Crippen LogP contribution < -0.4 is 4.74 Å². The molecule has 8 heteroatoms. The summed E-state index contributed by atoms with van der Waals surface area (Å²) in [7, 11) is -2.15. The summed E-state index contributed by atoms with van der Waals surface area (Å²) in [6.07, 6.45) is 3.96. The van der Waals surface area contributed by atoms with Gasteiger partial charge in [-0.2, -0.15) is 5.10 Å². The fourth-order valence-electron chi connectivity index (χ4n) is 3.33. The summed E-state index contributed by atoms with van der Waals surface area (Å²) in [6, 6.07) is 13.2. The summed E-state index contributed by atoms with van der Waals surface area (Å²) >= 11 is 0. The number of rotatable bonds is 7. The normalized spacial score (nSPS) is 11.5. The van der Waals surface area contributed by atoms with Crippen molar-refractivity contribution in [2.45, 2.75) is 29.6 Å². The van der Waals surface area contributed by atoms with E-state index in [-0.39, 0.29) is 15.6 Å². The van der Waals surface area contributed by atoms with Gasteiger partial charge in [-0.15, -0.1) is 0 Å². The van der Waals surface area contributed by atoms with Gasteiger partial charge in [0.1, 0.15) is 5.75 Å². The maximum Gasteiger partial charge on any atom is 0.206 e. The molecule has 0 radical (unpaired) electrons. The number of ketones is 1. The lowest BCUT2D eigenvalue weighted by Gasteiger charge is -2.09. The molecule has 2 heterocycles. The first-order valence-corrected chi connectivity index (χ1v) is 11.2. The summed E-state index contributed by atoms with van der Waals surface area (Å²) in [6.45, 7) is 1.86. The van der Waals surface area contributed by atoms with Crippen molar-refractivity contribution in [3.8, 4) is 5.75 Å². The maximum atomic E-state index is 12.9. The molecular formula is C23H21N3O4S. The minimum atomic E-state index is -3.66. The maximum absolute atomic E-state index is 12.9. The number of carbonyl (C=O) groups excluding carboxylic acids is 1. The van der Waals surface area contributed by atoms with Crippen LogP contribution in [0.15, 0.2) is 70.7 Å². The lowest BCUT2D eigenvalue weighted by atomic mass is 10.0. The Morgan fingerprint density at radius 1 is 1.03 bits per heavy atom. The van der Waals surface area contributed by atoms with E-state index in [9.17, 15) is 13.2 Å². The first-order chi connectivity index (χ1) is 14.9. The molecule has 0 aliphatic heterocycles. The minimum Gasteiger partial charge on any atom is -0.496 e. The van der Waals surface area contributed by atoms with E-state index in [4.69, 9.17) is 4.74 Å². The zero-order chi connectivity index (χ0) is 22.0. The molecular weight excluding hydrogens is 414 g/mol. The number of sulfone groups is 1. The number of aryl methyl sites for hydroxylation is 2. The fourth-order valence-corrected chi connectivity index (χ4v) is 4.61. The lowest BCUT2D eigenvalue weighted by Crippen LogP contribution is -2.04. The highest BCUT2D eigenvalue weighted by molar-refractivity contribution is 7.91. The average Bonchev–Trinajstić information content (AvgIpc) is 3.26. The first-order valence-electron chi connectivity index (χ1n) is 9.69. The van der Waals surface area contributed by atoms with Gasteiger partial charge in [0.2, 0.25) is 9.84 Å². The standard InChI is InChI=1S/C23H21N3O4S/c1-15-3-7-20(12-22(15)30-2)31(28,29)19-8-4-16(5-9-19)6-10-21(27)17-11-18-14-25-26-23(18)24-13-17/h3-5,7-9,11-14H,6,10H2,1-2H3,(H,24,25,26). The molecule has 0 unspecified atom stereocenters. The van der Waals surface area contributed by atoms with Gasteiger partial charge in [0.25, 0.3) is 0 Å². The molecule has 158 valence electrons. The number of methoxy groups -OCH3 is 1. The Labute approximate surface area is 180 Å². The van der Waals surface area contributed by atoms with Gasteiger partial charge < -0.3 is 4.74 Å². The van der Waals surface area contributed by atoms with Crippen molar-refractivity contribution >= 4 is 26.7 Å². The predicted octanol–water partition coefficient (Wildman–Crippen LogP) is 3.92. The topological polar surface area (TPSA) is 102 Å². The summed E-state index contributed by atoms with van der Waals surface area (Å²) in [5, 5.41) is 7.44. The molecule has 0 amide bonds. The third kappa shape index (κ3) is 4.20. The van der Waals surface area contributed by atoms with E-state index < -0.39 is 9.84 Å². The number of aromatic amines is 1. The molecule has 0 spiro atoms. The molecule has 2 aromatic carbocycles. The molecule has 0 aliphatic carbocycles. The quantitative estimate of drug-likeness (QED) is 0.442. The van der Waals surface area contributed by atoms with Crippen molar-refractivity contribution in [3.05, 3.63) is 77.6 Å². The van der Waals surface area contributed by atoms with Crippen LogP contribution in [0, 0.1) is 6.92 Å². The van der Waals surface area contributed by atoms with Crippen LogP contribution in [-0.2, 0) is 16.3 Å². The molecule has 1 N–H and O–H groups in total. The zero-order valence-corrected chi connectivity index (χ0v) is 17.9. The second kappa shape index (κ2) is 8.31. The second-order valence-electron chi connectivity index (χ2n) is 7.23. The van der Waals surface area contributed by atoms with E-state index in [1.54, 1.807) is 48.7 Å². The van der Waals surface area contributed by atoms with Crippen LogP contribution in [0.4, 0.5) is 0 Å². The predicted molar refractivity (Wildman–Crippen MR) is 116 cm³/mol. The highest BCUT2D eigenvalue weighted by Gasteiger charge is 2.19. The van der Waals surface area contributed by atoms with Crippen LogP contribution in [0.5, 0.6) is 5.75 Å². The van der Waals surface area contributed by atoms with Gasteiger partial charge in [-0.1, -0.05) is 18.2 Å². The molecule has 0 atom stereocenters. The third-order valence-corrected chi connectivity index (χ3v) is 6.94. The molecule has 0 saturated carbocycles. The SMILES string of the molecule is COc1cc(S(=O)(=O)c2ccc(CCC(=O)c3cnc4[nH]ncc4c3)cc2)ccc1C. The van der Waals surface area contributed by atoms with E-state index in [2.05, 4.69) is 15.2 Å². The van der Waals surface area contributed by atoms with Gasteiger partial charge in [0.05, 0.1) is 23.1 Å². The number of ether oxygens (including phenoxy) is 1. The zero-order valence-electron chi connectivity index (χ0n) is 17.1. The van der Waals surface area contributed by atoms with Crippen molar-refractivity contribution in [1.29, 1.82) is 0 Å². The third-order valence-electron chi connectivity index (χ3n) is 5.18. The highest BCUT2D eigenvalue weighted by Crippen LogP contribution is 2.27. The Balaban J connectivity index is 1.47. The Morgan fingerprint density at radius 2 is 1.77 bits per heavy atom. The van der Waals surface area contributed by atoms with E-state index >= 15 is 0 Å². The van der Waals surface area contributed by atoms with E-state index in [1.165, 1.54) is 19.4 Å². The van der Waals surface area contributed by atoms with Crippen LogP contribution >= 0.6 is 0 Å². The molecule has 0 fully saturated rings. The number of aromatic nitrogens is 3. The van der Waals surface area contributed by atoms with Crippen LogP contribution in [0.1, 0.15) is 27.9 Å². The van der Waals surface area contributed by atoms with Crippen LogP contribution in [0.3, 0.4) is 0 Å². The minimum absolute atomic E-state index is 0.0287. The van der Waals surface area contributed by atoms with Gasteiger partial charge in [-0.05, 0) is 54.8 Å². The van der Waals surface area contributed by atoms with Gasteiger partial charge in [-0.25, -0.2) is 13.4 Å². The molecule has 4 rings (SSSR count). The molecule has 0 aliphatic rings. The monoisotopic (exact) mass is 435 g/mol. The van der Waals surface area contributed by atoms with E-state index in [0.29, 0.717) is 29.8 Å². The Bertz CT molecular complexity index is 1360. The number of nitrogens with one attached hydrogen (secondary N) is 1. The summed E-state index contributed by atoms with van der Waals surface area (Å²) in [4.78, 5) is 17.1. The van der Waals surface area contributed by atoms with E-state index in [0.717, 1.165) is 16.5 Å². The number of nitrogens with zero attached hydrogens (tertiary/aromatic N) is 2. The summed E-state index contributed by atoms with van der Waals surface area (Å²) < 4.78 is 31.1. The molecule has 2 aromatic heterocycles. The average molecular weight is 436 g/mol. The van der Waals surface area contributed by atoms with Crippen LogP contribution in [0.25, 0.3) is 11.0 Å². The number of fused-ring (bicyclic) bond motifs is 1. The van der Waals surface area contributed by atoms with Crippen molar-refractivity contribution in [2.24, 2.45) is 0 Å². The van der Waals surface area contributed by atoms with Crippen molar-refractivity contribution < 1.29 is 17.9 Å². The lowest BCUT2D eigenvalue weighted by molar-refractivity contribution is 0.0982. The largest absolute Gasteiger partial charge is 0.496 e. The van der Waals surface area contributed by atoms with Crippen LogP contribution in [0.2, 0.25) is 0 Å². The van der Waals surface area contributed by atoms with Gasteiger partial charge in [0, 0.05) is 23.6 Å². The molecule has 0 saturated heterocycles. The summed E-state index contributed by atoms with van der Waals surface area (Å²) in [5.41, 5.74) is 2.91. The second-order valence-corrected chi connectivity index (χ2v) is 9.18. The molecule has 0 bridgehead atoms. The number of hydrogen-bond donors (Lipinski definition) is 1. The Kier molecular flexibility index (Phi) is 5.56. The number of carbonyl (C=O) groups is 1. The molecule has 4 aromatic rings. The smallest absolute Gasteiger partial charge is 0.206 e. The van der Waals surface area contributed by atoms with Crippen molar-refractivity contribution in [2.75, 3.05) is 7.11 Å². The van der Waals surface area contributed by atoms with Crippen LogP contribution in [-0.4, -0.2) is 36.5 Å². The Morgan fingerprint density at radius 3 is 2.52 bits per heavy atom. The number of pyridine rings is 1. The van der Waals surface area contributed by atoms with E-state index in [1.807, 2.05) is 6.92 Å². The Hall–Kier alpha value is -3.52. The molecule has 7 nitrogen and oxygen atoms in total.